The van der Waals surface area contributed by atoms with Gasteiger partial charge in [-0.1, -0.05) is 200 Å². The van der Waals surface area contributed by atoms with Crippen molar-refractivity contribution in [3.05, 3.63) is 57.6 Å². The van der Waals surface area contributed by atoms with E-state index in [0.29, 0.717) is 17.9 Å². The van der Waals surface area contributed by atoms with Crippen molar-refractivity contribution >= 4 is 0 Å². The van der Waals surface area contributed by atoms with Gasteiger partial charge in [0.25, 0.3) is 0 Å². The maximum absolute atomic E-state index is 11.8. The molecule has 2 aromatic carbocycles. The van der Waals surface area contributed by atoms with Crippen LogP contribution in [0, 0.1) is 0 Å². The largest absolute Gasteiger partial charge is 0.508 e. The second kappa shape index (κ2) is 30.5. The van der Waals surface area contributed by atoms with Gasteiger partial charge in [0.1, 0.15) is 11.5 Å². The van der Waals surface area contributed by atoms with Gasteiger partial charge in [0.15, 0.2) is 0 Å². The highest BCUT2D eigenvalue weighted by atomic mass is 16.3. The van der Waals surface area contributed by atoms with Crippen LogP contribution in [-0.2, 0) is 32.1 Å². The molecule has 0 spiro atoms. The number of benzene rings is 2. The molecule has 51 heavy (non-hydrogen) atoms. The van der Waals surface area contributed by atoms with Gasteiger partial charge in [-0.3, -0.25) is 0 Å². The lowest BCUT2D eigenvalue weighted by Crippen LogP contribution is -2.02. The van der Waals surface area contributed by atoms with Crippen LogP contribution < -0.4 is 0 Å². The van der Waals surface area contributed by atoms with Gasteiger partial charge in [0, 0.05) is 6.42 Å². The second-order valence-electron chi connectivity index (χ2n) is 16.1. The molecule has 2 rings (SSSR count). The summed E-state index contributed by atoms with van der Waals surface area (Å²) in [6.07, 6.45) is 41.4. The molecule has 292 valence electrons. The van der Waals surface area contributed by atoms with Crippen LogP contribution in [-0.4, -0.2) is 10.2 Å². The molecular weight excluding hydrogens is 621 g/mol. The molecular formula is C49H84O2. The Balaban J connectivity index is 2.18. The number of rotatable bonds is 34. The first kappa shape index (κ1) is 45.2. The molecule has 0 unspecified atom stereocenters. The minimum Gasteiger partial charge on any atom is -0.508 e. The summed E-state index contributed by atoms with van der Waals surface area (Å²) in [5.41, 5.74) is 7.28. The summed E-state index contributed by atoms with van der Waals surface area (Å²) in [6, 6.07) is 8.88. The number of aryl methyl sites for hydroxylation is 3. The van der Waals surface area contributed by atoms with Crippen molar-refractivity contribution in [2.45, 2.75) is 240 Å². The highest BCUT2D eigenvalue weighted by molar-refractivity contribution is 5.51. The standard InChI is InChI=1S/C49H84O2/c1-5-9-13-17-21-25-29-33-42-37-38-45(49(51)47(42)36-32-28-24-20-16-12-8-4)40-46-39-43(34-30-26-22-18-14-10-6-2)44(41-48(46)50)35-31-27-23-19-15-11-7-3/h37-39,41,50-51H,5-36,40H2,1-4H3. The average Bonchev–Trinajstić information content (AvgIpc) is 3.13. The van der Waals surface area contributed by atoms with Crippen molar-refractivity contribution in [2.24, 2.45) is 0 Å². The molecule has 0 heterocycles. The van der Waals surface area contributed by atoms with Crippen molar-refractivity contribution in [1.29, 1.82) is 0 Å². The van der Waals surface area contributed by atoms with Crippen LogP contribution in [0.3, 0.4) is 0 Å². The molecule has 0 fully saturated rings. The van der Waals surface area contributed by atoms with E-state index < -0.39 is 0 Å². The zero-order valence-corrected chi connectivity index (χ0v) is 34.5. The highest BCUT2D eigenvalue weighted by Crippen LogP contribution is 2.34. The van der Waals surface area contributed by atoms with E-state index in [1.165, 1.54) is 196 Å². The minimum absolute atomic E-state index is 0.413. The zero-order valence-electron chi connectivity index (χ0n) is 34.5. The molecule has 0 saturated carbocycles. The quantitative estimate of drug-likeness (QED) is 0.0712. The third-order valence-corrected chi connectivity index (χ3v) is 11.4. The summed E-state index contributed by atoms with van der Waals surface area (Å²) in [7, 11) is 0. The summed E-state index contributed by atoms with van der Waals surface area (Å²) in [5.74, 6) is 0.915. The van der Waals surface area contributed by atoms with Gasteiger partial charge in [-0.2, -0.15) is 0 Å². The van der Waals surface area contributed by atoms with E-state index in [1.54, 1.807) is 0 Å². The highest BCUT2D eigenvalue weighted by Gasteiger charge is 2.16. The van der Waals surface area contributed by atoms with Gasteiger partial charge >= 0.3 is 0 Å². The van der Waals surface area contributed by atoms with Gasteiger partial charge in [0.05, 0.1) is 0 Å². The van der Waals surface area contributed by atoms with E-state index in [9.17, 15) is 10.2 Å². The van der Waals surface area contributed by atoms with Crippen molar-refractivity contribution in [2.75, 3.05) is 0 Å². The minimum atomic E-state index is 0.413. The van der Waals surface area contributed by atoms with Crippen LogP contribution in [0.1, 0.15) is 241 Å². The van der Waals surface area contributed by atoms with E-state index in [0.717, 1.165) is 43.2 Å². The van der Waals surface area contributed by atoms with E-state index >= 15 is 0 Å². The molecule has 2 nitrogen and oxygen atoms in total. The molecule has 0 aromatic heterocycles. The van der Waals surface area contributed by atoms with Gasteiger partial charge in [-0.05, 0) is 90.8 Å². The fourth-order valence-electron chi connectivity index (χ4n) is 8.00. The SMILES string of the molecule is CCCCCCCCCc1cc(O)c(Cc2ccc(CCCCCCCCC)c(CCCCCCCCC)c2O)cc1CCCCCCCCC. The maximum Gasteiger partial charge on any atom is 0.122 e. The van der Waals surface area contributed by atoms with E-state index in [1.807, 2.05) is 0 Å². The summed E-state index contributed by atoms with van der Waals surface area (Å²) >= 11 is 0. The summed E-state index contributed by atoms with van der Waals surface area (Å²) in [6.45, 7) is 9.14. The fraction of sp³-hybridized carbons (Fsp3) is 0.755. The molecule has 2 aromatic rings. The Labute approximate surface area is 318 Å². The Morgan fingerprint density at radius 2 is 0.667 bits per heavy atom. The molecule has 0 radical (unpaired) electrons. The Morgan fingerprint density at radius 3 is 1.10 bits per heavy atom. The first-order chi connectivity index (χ1) is 25.0. The Morgan fingerprint density at radius 1 is 0.333 bits per heavy atom. The first-order valence-corrected chi connectivity index (χ1v) is 22.7. The molecule has 0 bridgehead atoms. The van der Waals surface area contributed by atoms with Crippen LogP contribution in [0.5, 0.6) is 11.5 Å². The molecule has 2 heteroatoms. The van der Waals surface area contributed by atoms with E-state index in [4.69, 9.17) is 0 Å². The van der Waals surface area contributed by atoms with Crippen molar-refractivity contribution < 1.29 is 10.2 Å². The molecule has 0 aliphatic carbocycles. The Kier molecular flexibility index (Phi) is 27.0. The summed E-state index contributed by atoms with van der Waals surface area (Å²) in [4.78, 5) is 0. The number of aromatic hydroxyl groups is 2. The van der Waals surface area contributed by atoms with Crippen molar-refractivity contribution in [3.63, 3.8) is 0 Å². The van der Waals surface area contributed by atoms with E-state index in [-0.39, 0.29) is 0 Å². The van der Waals surface area contributed by atoms with Crippen LogP contribution in [0.15, 0.2) is 24.3 Å². The predicted octanol–water partition coefficient (Wildman–Crippen LogP) is 15.9. The average molecular weight is 705 g/mol. The lowest BCUT2D eigenvalue weighted by molar-refractivity contribution is 0.455. The van der Waals surface area contributed by atoms with Gasteiger partial charge in [-0.25, -0.2) is 0 Å². The van der Waals surface area contributed by atoms with Crippen molar-refractivity contribution in [3.8, 4) is 11.5 Å². The maximum atomic E-state index is 11.8. The second-order valence-corrected chi connectivity index (χ2v) is 16.1. The molecule has 0 aliphatic heterocycles. The Hall–Kier alpha value is -1.96. The zero-order chi connectivity index (χ0) is 36.8. The topological polar surface area (TPSA) is 40.5 Å². The normalized spacial score (nSPS) is 11.5. The number of phenols is 2. The molecule has 0 atom stereocenters. The third kappa shape index (κ3) is 20.2. The van der Waals surface area contributed by atoms with Crippen LogP contribution in [0.4, 0.5) is 0 Å². The smallest absolute Gasteiger partial charge is 0.122 e. The molecule has 2 N–H and O–H groups in total. The first-order valence-electron chi connectivity index (χ1n) is 22.7. The monoisotopic (exact) mass is 705 g/mol. The van der Waals surface area contributed by atoms with Crippen molar-refractivity contribution in [1.82, 2.24) is 0 Å². The Bertz CT molecular complexity index is 1100. The lowest BCUT2D eigenvalue weighted by Gasteiger charge is -2.18. The van der Waals surface area contributed by atoms with Gasteiger partial charge < -0.3 is 10.2 Å². The number of unbranched alkanes of at least 4 members (excludes halogenated alkanes) is 24. The number of hydrogen-bond donors (Lipinski definition) is 2. The third-order valence-electron chi connectivity index (χ3n) is 11.4. The fourth-order valence-corrected chi connectivity index (χ4v) is 8.00. The molecule has 0 aliphatic rings. The summed E-state index contributed by atoms with van der Waals surface area (Å²) < 4.78 is 0. The predicted molar refractivity (Wildman–Crippen MR) is 226 cm³/mol. The lowest BCUT2D eigenvalue weighted by atomic mass is 9.89. The summed E-state index contributed by atoms with van der Waals surface area (Å²) in [5, 5.41) is 23.2. The van der Waals surface area contributed by atoms with Crippen LogP contribution in [0.2, 0.25) is 0 Å². The van der Waals surface area contributed by atoms with Crippen LogP contribution in [0.25, 0.3) is 0 Å². The van der Waals surface area contributed by atoms with Gasteiger partial charge in [-0.15, -0.1) is 0 Å². The molecule has 0 amide bonds. The number of hydrogen-bond acceptors (Lipinski definition) is 2. The number of phenolic OH excluding ortho intramolecular Hbond substituents is 2. The molecule has 0 saturated heterocycles. The van der Waals surface area contributed by atoms with Gasteiger partial charge in [0.2, 0.25) is 0 Å². The van der Waals surface area contributed by atoms with E-state index in [2.05, 4.69) is 52.0 Å². The van der Waals surface area contributed by atoms with Crippen LogP contribution >= 0.6 is 0 Å².